The smallest absolute Gasteiger partial charge is 0.292 e. The van der Waals surface area contributed by atoms with Crippen LogP contribution in [0, 0.1) is 0 Å². The zero-order valence-corrected chi connectivity index (χ0v) is 12.1. The van der Waals surface area contributed by atoms with Crippen molar-refractivity contribution in [3.63, 3.8) is 0 Å². The summed E-state index contributed by atoms with van der Waals surface area (Å²) in [6.45, 7) is -0.576. The average molecular weight is 352 g/mol. The average Bonchev–Trinajstić information content (AvgIpc) is 2.45. The number of rotatable bonds is 2. The molecule has 0 saturated carbocycles. The summed E-state index contributed by atoms with van der Waals surface area (Å²) in [5, 5.41) is 0. The lowest BCUT2D eigenvalue weighted by atomic mass is 10.1. The molecule has 10 heteroatoms. The van der Waals surface area contributed by atoms with Crippen LogP contribution >= 0.6 is 0 Å². The first-order valence-electron chi connectivity index (χ1n) is 6.45. The highest BCUT2D eigenvalue weighted by Gasteiger charge is 2.35. The molecule has 24 heavy (non-hydrogen) atoms. The lowest BCUT2D eigenvalue weighted by Gasteiger charge is -2.14. The van der Waals surface area contributed by atoms with Crippen LogP contribution in [-0.4, -0.2) is 9.13 Å². The number of halogens is 6. The molecule has 0 amide bonds. The van der Waals surface area contributed by atoms with Crippen molar-refractivity contribution in [2.24, 2.45) is 7.05 Å². The van der Waals surface area contributed by atoms with E-state index in [2.05, 4.69) is 0 Å². The molecule has 130 valence electrons. The summed E-state index contributed by atoms with van der Waals surface area (Å²) < 4.78 is 76.8. The van der Waals surface area contributed by atoms with Gasteiger partial charge in [-0.15, -0.1) is 0 Å². The highest BCUT2D eigenvalue weighted by molar-refractivity contribution is 5.26. The van der Waals surface area contributed by atoms with Crippen LogP contribution in [-0.2, 0) is 25.9 Å². The Bertz CT molecular complexity index is 877. The molecule has 1 heterocycles. The van der Waals surface area contributed by atoms with Gasteiger partial charge in [-0.3, -0.25) is 13.9 Å². The van der Waals surface area contributed by atoms with Crippen LogP contribution in [0.25, 0.3) is 0 Å². The van der Waals surface area contributed by atoms with Gasteiger partial charge < -0.3 is 0 Å². The predicted molar refractivity (Wildman–Crippen MR) is 71.5 cm³/mol. The molecule has 2 rings (SSSR count). The van der Waals surface area contributed by atoms with E-state index in [1.165, 1.54) is 6.07 Å². The van der Waals surface area contributed by atoms with Crippen LogP contribution in [0.5, 0.6) is 0 Å². The predicted octanol–water partition coefficient (Wildman–Crippen LogP) is 2.63. The zero-order chi connectivity index (χ0) is 18.3. The molecule has 0 aliphatic heterocycles. The fourth-order valence-corrected chi connectivity index (χ4v) is 2.12. The van der Waals surface area contributed by atoms with Gasteiger partial charge in [0.05, 0.1) is 12.1 Å². The Balaban J connectivity index is 2.51. The molecule has 0 spiro atoms. The maximum absolute atomic E-state index is 12.7. The van der Waals surface area contributed by atoms with E-state index in [0.29, 0.717) is 4.57 Å². The first-order valence-corrected chi connectivity index (χ1v) is 6.45. The van der Waals surface area contributed by atoms with Gasteiger partial charge in [0, 0.05) is 13.1 Å². The summed E-state index contributed by atoms with van der Waals surface area (Å²) in [4.78, 5) is 23.7. The minimum atomic E-state index is -4.90. The standard InChI is InChI=1S/C14H10F6N2O2/c1-21-10(14(18,19)20)6-11(23)22(12(21)24)7-8-3-2-4-9(5-8)13(15,16)17/h2-6H,7H2,1H3. The second kappa shape index (κ2) is 5.84. The molecule has 4 nitrogen and oxygen atoms in total. The number of aromatic nitrogens is 2. The van der Waals surface area contributed by atoms with Gasteiger partial charge in [0.15, 0.2) is 0 Å². The van der Waals surface area contributed by atoms with Crippen molar-refractivity contribution < 1.29 is 26.3 Å². The summed E-state index contributed by atoms with van der Waals surface area (Å²) >= 11 is 0. The third-order valence-corrected chi connectivity index (χ3v) is 3.29. The number of hydrogen-bond acceptors (Lipinski definition) is 2. The van der Waals surface area contributed by atoms with Gasteiger partial charge >= 0.3 is 18.0 Å². The van der Waals surface area contributed by atoms with E-state index >= 15 is 0 Å². The Labute approximate surface area is 130 Å². The Morgan fingerprint density at radius 3 is 2.12 bits per heavy atom. The molecule has 0 atom stereocenters. The van der Waals surface area contributed by atoms with E-state index < -0.39 is 41.4 Å². The fourth-order valence-electron chi connectivity index (χ4n) is 2.12. The number of alkyl halides is 6. The molecular weight excluding hydrogens is 342 g/mol. The SMILES string of the molecule is Cn1c(C(F)(F)F)cc(=O)n(Cc2cccc(C(F)(F)F)c2)c1=O. The minimum Gasteiger partial charge on any atom is -0.292 e. The molecule has 0 unspecified atom stereocenters. The van der Waals surface area contributed by atoms with E-state index in [0.717, 1.165) is 25.2 Å². The van der Waals surface area contributed by atoms with Crippen LogP contribution in [0.1, 0.15) is 16.8 Å². The van der Waals surface area contributed by atoms with E-state index in [9.17, 15) is 35.9 Å². The Morgan fingerprint density at radius 1 is 0.958 bits per heavy atom. The van der Waals surface area contributed by atoms with E-state index in [4.69, 9.17) is 0 Å². The molecule has 0 radical (unpaired) electrons. The molecule has 2 aromatic rings. The maximum atomic E-state index is 12.7. The highest BCUT2D eigenvalue weighted by atomic mass is 19.4. The number of benzene rings is 1. The lowest BCUT2D eigenvalue weighted by molar-refractivity contribution is -0.144. The van der Waals surface area contributed by atoms with Crippen molar-refractivity contribution in [1.29, 1.82) is 0 Å². The van der Waals surface area contributed by atoms with Crippen LogP contribution in [0.2, 0.25) is 0 Å². The van der Waals surface area contributed by atoms with Crippen LogP contribution in [0.4, 0.5) is 26.3 Å². The second-order valence-corrected chi connectivity index (χ2v) is 4.99. The Hall–Kier alpha value is -2.52. The first-order chi connectivity index (χ1) is 10.9. The summed E-state index contributed by atoms with van der Waals surface area (Å²) in [6.07, 6.45) is -9.52. The summed E-state index contributed by atoms with van der Waals surface area (Å²) in [5.41, 5.74) is -4.98. The molecule has 0 bridgehead atoms. The minimum absolute atomic E-state index is 0.0382. The first kappa shape index (κ1) is 17.8. The van der Waals surface area contributed by atoms with Crippen molar-refractivity contribution >= 4 is 0 Å². The van der Waals surface area contributed by atoms with Crippen molar-refractivity contribution in [3.8, 4) is 0 Å². The van der Waals surface area contributed by atoms with Crippen molar-refractivity contribution in [1.82, 2.24) is 9.13 Å². The largest absolute Gasteiger partial charge is 0.431 e. The summed E-state index contributed by atoms with van der Waals surface area (Å²) in [7, 11) is 0.827. The topological polar surface area (TPSA) is 44.0 Å². The van der Waals surface area contributed by atoms with Gasteiger partial charge in [0.25, 0.3) is 5.56 Å². The monoisotopic (exact) mass is 352 g/mol. The summed E-state index contributed by atoms with van der Waals surface area (Å²) in [5.74, 6) is 0. The van der Waals surface area contributed by atoms with Gasteiger partial charge in [-0.2, -0.15) is 26.3 Å². The lowest BCUT2D eigenvalue weighted by Crippen LogP contribution is -2.41. The zero-order valence-electron chi connectivity index (χ0n) is 12.1. The molecule has 1 aromatic heterocycles. The Kier molecular flexibility index (Phi) is 4.34. The molecule has 0 fully saturated rings. The van der Waals surface area contributed by atoms with E-state index in [1.54, 1.807) is 0 Å². The van der Waals surface area contributed by atoms with Crippen LogP contribution in [0.15, 0.2) is 39.9 Å². The highest BCUT2D eigenvalue weighted by Crippen LogP contribution is 2.29. The van der Waals surface area contributed by atoms with Crippen molar-refractivity contribution in [2.45, 2.75) is 18.9 Å². The van der Waals surface area contributed by atoms with E-state index in [1.807, 2.05) is 0 Å². The fraction of sp³-hybridized carbons (Fsp3) is 0.286. The Morgan fingerprint density at radius 2 is 1.58 bits per heavy atom. The van der Waals surface area contributed by atoms with Crippen LogP contribution in [0.3, 0.4) is 0 Å². The second-order valence-electron chi connectivity index (χ2n) is 4.99. The van der Waals surface area contributed by atoms with Gasteiger partial charge in [-0.05, 0) is 17.7 Å². The molecule has 1 aromatic carbocycles. The van der Waals surface area contributed by atoms with Gasteiger partial charge in [0.2, 0.25) is 0 Å². The summed E-state index contributed by atoms with van der Waals surface area (Å²) in [6, 6.07) is 4.08. The molecule has 0 aliphatic carbocycles. The molecule has 0 saturated heterocycles. The van der Waals surface area contributed by atoms with Gasteiger partial charge in [-0.1, -0.05) is 12.1 Å². The molecule has 0 N–H and O–H groups in total. The molecular formula is C14H10F6N2O2. The van der Waals surface area contributed by atoms with Crippen molar-refractivity contribution in [3.05, 3.63) is 68.0 Å². The third-order valence-electron chi connectivity index (χ3n) is 3.29. The molecule has 0 aliphatic rings. The normalized spacial score (nSPS) is 12.5. The van der Waals surface area contributed by atoms with Gasteiger partial charge in [0.1, 0.15) is 5.69 Å². The number of hydrogen-bond donors (Lipinski definition) is 0. The van der Waals surface area contributed by atoms with Gasteiger partial charge in [-0.25, -0.2) is 4.79 Å². The third kappa shape index (κ3) is 3.52. The number of nitrogens with zero attached hydrogens (tertiary/aromatic N) is 2. The van der Waals surface area contributed by atoms with Crippen LogP contribution < -0.4 is 11.2 Å². The maximum Gasteiger partial charge on any atom is 0.431 e. The van der Waals surface area contributed by atoms with E-state index in [-0.39, 0.29) is 16.2 Å². The quantitative estimate of drug-likeness (QED) is 0.780. The van der Waals surface area contributed by atoms with Crippen molar-refractivity contribution in [2.75, 3.05) is 0 Å².